The maximum Gasteiger partial charge on any atom is 0.179 e. The summed E-state index contributed by atoms with van der Waals surface area (Å²) in [6, 6.07) is 12.0. The largest absolute Gasteiger partial charge is 0.507 e. The molecule has 3 aromatic heterocycles. The molecule has 5 aromatic rings. The van der Waals surface area contributed by atoms with Gasteiger partial charge in [-0.25, -0.2) is 13.4 Å². The molecule has 0 atom stereocenters. The number of nitrogens with one attached hydrogen (secondary N) is 1. The van der Waals surface area contributed by atoms with Crippen molar-refractivity contribution in [2.45, 2.75) is 18.4 Å². The number of rotatable bonds is 6. The van der Waals surface area contributed by atoms with Crippen LogP contribution in [-0.2, 0) is 16.4 Å². The molecular formula is C25H23N5O4S. The highest BCUT2D eigenvalue weighted by Crippen LogP contribution is 2.34. The summed E-state index contributed by atoms with van der Waals surface area (Å²) < 4.78 is 25.3. The first-order chi connectivity index (χ1) is 16.8. The summed E-state index contributed by atoms with van der Waals surface area (Å²) in [5.74, 6) is 0.194. The van der Waals surface area contributed by atoms with Crippen molar-refractivity contribution in [1.82, 2.24) is 19.7 Å². The number of fused-ring (bicyclic) bond motifs is 2. The van der Waals surface area contributed by atoms with E-state index in [1.54, 1.807) is 29.3 Å². The third-order valence-corrected chi connectivity index (χ3v) is 7.09. The van der Waals surface area contributed by atoms with Crippen LogP contribution in [0.1, 0.15) is 5.56 Å². The zero-order chi connectivity index (χ0) is 24.7. The van der Waals surface area contributed by atoms with Crippen LogP contribution < -0.4 is 5.32 Å². The van der Waals surface area contributed by atoms with Gasteiger partial charge in [0.15, 0.2) is 9.84 Å². The highest BCUT2D eigenvalue weighted by molar-refractivity contribution is 7.90. The van der Waals surface area contributed by atoms with Crippen molar-refractivity contribution in [3.63, 3.8) is 0 Å². The second-order valence-corrected chi connectivity index (χ2v) is 10.3. The Bertz CT molecular complexity index is 1700. The van der Waals surface area contributed by atoms with Crippen molar-refractivity contribution in [3.8, 4) is 17.0 Å². The van der Waals surface area contributed by atoms with E-state index >= 15 is 0 Å². The van der Waals surface area contributed by atoms with E-state index in [0.29, 0.717) is 18.1 Å². The third-order valence-electron chi connectivity index (χ3n) is 5.94. The lowest BCUT2D eigenvalue weighted by atomic mass is 9.98. The van der Waals surface area contributed by atoms with E-state index in [2.05, 4.69) is 20.4 Å². The van der Waals surface area contributed by atoms with E-state index in [1.165, 1.54) is 12.1 Å². The molecule has 0 bridgehead atoms. The summed E-state index contributed by atoms with van der Waals surface area (Å²) in [5.41, 5.74) is 4.22. The van der Waals surface area contributed by atoms with Crippen molar-refractivity contribution >= 4 is 43.0 Å². The molecule has 0 aliphatic carbocycles. The number of hydrogen-bond acceptors (Lipinski definition) is 8. The lowest BCUT2D eigenvalue weighted by Crippen LogP contribution is -2.03. The first-order valence-electron chi connectivity index (χ1n) is 10.9. The highest BCUT2D eigenvalue weighted by atomic mass is 32.2. The number of sulfone groups is 1. The lowest BCUT2D eigenvalue weighted by Gasteiger charge is -2.12. The molecule has 0 amide bonds. The minimum Gasteiger partial charge on any atom is -0.507 e. The average molecular weight is 490 g/mol. The van der Waals surface area contributed by atoms with Gasteiger partial charge in [0.2, 0.25) is 0 Å². The van der Waals surface area contributed by atoms with E-state index in [-0.39, 0.29) is 17.3 Å². The number of aliphatic hydroxyl groups excluding tert-OH is 1. The summed E-state index contributed by atoms with van der Waals surface area (Å²) in [5, 5.41) is 29.7. The fourth-order valence-electron chi connectivity index (χ4n) is 4.23. The van der Waals surface area contributed by atoms with Crippen molar-refractivity contribution in [2.24, 2.45) is 0 Å². The summed E-state index contributed by atoms with van der Waals surface area (Å²) in [7, 11) is -3.53. The molecule has 0 fully saturated rings. The molecule has 5 rings (SSSR count). The van der Waals surface area contributed by atoms with Crippen LogP contribution >= 0.6 is 0 Å². The number of aryl methyl sites for hydroxylation is 1. The number of phenolic OH excluding ortho intramolecular Hbond substituents is 1. The second kappa shape index (κ2) is 8.64. The van der Waals surface area contributed by atoms with E-state index in [1.807, 2.05) is 31.2 Å². The van der Waals surface area contributed by atoms with Gasteiger partial charge >= 0.3 is 0 Å². The quantitative estimate of drug-likeness (QED) is 0.328. The number of nitrogens with zero attached hydrogens (tertiary/aromatic N) is 4. The van der Waals surface area contributed by atoms with Gasteiger partial charge in [-0.3, -0.25) is 9.67 Å². The van der Waals surface area contributed by atoms with Crippen LogP contribution in [0.15, 0.2) is 66.0 Å². The monoisotopic (exact) mass is 489 g/mol. The third kappa shape index (κ3) is 4.17. The number of phenols is 1. The number of benzene rings is 2. The van der Waals surface area contributed by atoms with Gasteiger partial charge in [-0.15, -0.1) is 0 Å². The molecular weight excluding hydrogens is 466 g/mol. The van der Waals surface area contributed by atoms with Crippen molar-refractivity contribution in [2.75, 3.05) is 18.2 Å². The van der Waals surface area contributed by atoms with Crippen LogP contribution in [0.2, 0.25) is 0 Å². The number of aromatic hydroxyl groups is 1. The van der Waals surface area contributed by atoms with E-state index < -0.39 is 9.84 Å². The first kappa shape index (κ1) is 22.8. The Labute approximate surface area is 201 Å². The number of aromatic nitrogens is 4. The molecule has 0 unspecified atom stereocenters. The van der Waals surface area contributed by atoms with Crippen molar-refractivity contribution < 1.29 is 18.6 Å². The summed E-state index contributed by atoms with van der Waals surface area (Å²) in [6.45, 7) is 2.46. The number of pyridine rings is 2. The minimum absolute atomic E-state index is 0.0139. The minimum atomic E-state index is -3.53. The zero-order valence-electron chi connectivity index (χ0n) is 19.1. The zero-order valence-corrected chi connectivity index (χ0v) is 19.9. The Morgan fingerprint density at radius 1 is 1.03 bits per heavy atom. The smallest absolute Gasteiger partial charge is 0.179 e. The topological polar surface area (TPSA) is 130 Å². The molecule has 3 N–H and O–H groups in total. The molecule has 9 nitrogen and oxygen atoms in total. The van der Waals surface area contributed by atoms with Gasteiger partial charge in [0.05, 0.1) is 30.6 Å². The van der Waals surface area contributed by atoms with Crippen LogP contribution in [0.3, 0.4) is 0 Å². The van der Waals surface area contributed by atoms with E-state index in [0.717, 1.165) is 44.8 Å². The predicted molar refractivity (Wildman–Crippen MR) is 135 cm³/mol. The molecule has 3 heterocycles. The predicted octanol–water partition coefficient (Wildman–Crippen LogP) is 3.80. The van der Waals surface area contributed by atoms with Gasteiger partial charge < -0.3 is 15.5 Å². The second-order valence-electron chi connectivity index (χ2n) is 8.29. The average Bonchev–Trinajstić information content (AvgIpc) is 3.22. The van der Waals surface area contributed by atoms with Gasteiger partial charge in [0.25, 0.3) is 0 Å². The molecule has 178 valence electrons. The number of anilines is 2. The van der Waals surface area contributed by atoms with Crippen molar-refractivity contribution in [1.29, 1.82) is 0 Å². The Balaban J connectivity index is 1.57. The Morgan fingerprint density at radius 2 is 1.86 bits per heavy atom. The summed E-state index contributed by atoms with van der Waals surface area (Å²) in [6.07, 6.45) is 6.33. The Morgan fingerprint density at radius 3 is 2.60 bits per heavy atom. The molecule has 0 radical (unpaired) electrons. The number of aliphatic hydroxyl groups is 1. The van der Waals surface area contributed by atoms with Gasteiger partial charge in [-0.05, 0) is 42.8 Å². The number of hydrogen-bond donors (Lipinski definition) is 3. The van der Waals surface area contributed by atoms with Crippen LogP contribution in [0.5, 0.6) is 5.75 Å². The van der Waals surface area contributed by atoms with Gasteiger partial charge in [-0.1, -0.05) is 6.07 Å². The Hall–Kier alpha value is -4.02. The van der Waals surface area contributed by atoms with Gasteiger partial charge in [-0.2, -0.15) is 5.10 Å². The van der Waals surface area contributed by atoms with Crippen LogP contribution in [-0.4, -0.2) is 51.2 Å². The standard InChI is InChI=1S/C25H23N5O4S/c1-15-18(4-5-21-20(15)14-28-30(21)9-10-31)25-19-12-24(27-13-16(19)7-8-26-25)29-17-3-6-23(22(32)11-17)35(2,33)34/h3-8,11-14,31-32H,9-10H2,1-2H3,(H,27,29). The van der Waals surface area contributed by atoms with Crippen LogP contribution in [0, 0.1) is 6.92 Å². The van der Waals surface area contributed by atoms with Gasteiger partial charge in [0.1, 0.15) is 16.5 Å². The van der Waals surface area contributed by atoms with Crippen molar-refractivity contribution in [3.05, 3.63) is 66.6 Å². The lowest BCUT2D eigenvalue weighted by molar-refractivity contribution is 0.271. The van der Waals surface area contributed by atoms with Gasteiger partial charge in [0, 0.05) is 52.1 Å². The van der Waals surface area contributed by atoms with Crippen LogP contribution in [0.4, 0.5) is 11.5 Å². The maximum absolute atomic E-state index is 11.8. The van der Waals surface area contributed by atoms with E-state index in [4.69, 9.17) is 0 Å². The fourth-order valence-corrected chi connectivity index (χ4v) is 4.98. The molecule has 0 saturated heterocycles. The first-order valence-corrected chi connectivity index (χ1v) is 12.8. The molecule has 0 aliphatic heterocycles. The fraction of sp³-hybridized carbons (Fsp3) is 0.160. The molecule has 10 heteroatoms. The molecule has 35 heavy (non-hydrogen) atoms. The highest BCUT2D eigenvalue weighted by Gasteiger charge is 2.15. The molecule has 0 spiro atoms. The van der Waals surface area contributed by atoms with Crippen LogP contribution in [0.25, 0.3) is 32.9 Å². The molecule has 0 saturated carbocycles. The normalized spacial score (nSPS) is 11.9. The maximum atomic E-state index is 11.8. The molecule has 2 aromatic carbocycles. The SMILES string of the molecule is Cc1c(-c2nccc3cnc(Nc4ccc(S(C)(=O)=O)c(O)c4)cc23)ccc2c1cnn2CCO. The van der Waals surface area contributed by atoms with E-state index in [9.17, 15) is 18.6 Å². The Kier molecular flexibility index (Phi) is 5.62. The molecule has 0 aliphatic rings. The summed E-state index contributed by atoms with van der Waals surface area (Å²) in [4.78, 5) is 8.99. The summed E-state index contributed by atoms with van der Waals surface area (Å²) >= 11 is 0.